The number of amides is 1. The third-order valence-electron chi connectivity index (χ3n) is 3.61. The SMILES string of the molecule is CN(C)C(=O)C1CCCN1c1ccc(S(N)(=O)=O)c(N)c1. The van der Waals surface area contributed by atoms with E-state index in [0.29, 0.717) is 0 Å². The Bertz CT molecular complexity index is 657. The average molecular weight is 312 g/mol. The van der Waals surface area contributed by atoms with Crippen LogP contribution in [0.2, 0.25) is 0 Å². The van der Waals surface area contributed by atoms with Crippen molar-refractivity contribution in [1.29, 1.82) is 0 Å². The molecular weight excluding hydrogens is 292 g/mol. The van der Waals surface area contributed by atoms with Gasteiger partial charge in [0, 0.05) is 26.3 Å². The van der Waals surface area contributed by atoms with E-state index < -0.39 is 10.0 Å². The molecule has 0 saturated carbocycles. The lowest BCUT2D eigenvalue weighted by atomic mass is 10.2. The minimum absolute atomic E-state index is 0.0293. The maximum Gasteiger partial charge on any atom is 0.244 e. The van der Waals surface area contributed by atoms with Crippen molar-refractivity contribution in [3.8, 4) is 0 Å². The lowest BCUT2D eigenvalue weighted by Crippen LogP contribution is -2.42. The lowest BCUT2D eigenvalue weighted by molar-refractivity contribution is -0.129. The maximum absolute atomic E-state index is 12.2. The Morgan fingerprint density at radius 1 is 1.38 bits per heavy atom. The fraction of sp³-hybridized carbons (Fsp3) is 0.462. The van der Waals surface area contributed by atoms with Crippen LogP contribution in [0.1, 0.15) is 12.8 Å². The van der Waals surface area contributed by atoms with Gasteiger partial charge in [-0.1, -0.05) is 0 Å². The number of anilines is 2. The molecule has 7 nitrogen and oxygen atoms in total. The summed E-state index contributed by atoms with van der Waals surface area (Å²) >= 11 is 0. The molecule has 1 aromatic carbocycles. The summed E-state index contributed by atoms with van der Waals surface area (Å²) in [4.78, 5) is 15.6. The molecule has 0 spiro atoms. The zero-order chi connectivity index (χ0) is 15.8. The van der Waals surface area contributed by atoms with Gasteiger partial charge in [-0.3, -0.25) is 4.79 Å². The first-order valence-electron chi connectivity index (χ1n) is 6.62. The topological polar surface area (TPSA) is 110 Å². The van der Waals surface area contributed by atoms with Crippen LogP contribution < -0.4 is 15.8 Å². The highest BCUT2D eigenvalue weighted by Gasteiger charge is 2.32. The van der Waals surface area contributed by atoms with E-state index in [2.05, 4.69) is 0 Å². The average Bonchev–Trinajstić information content (AvgIpc) is 2.84. The Hall–Kier alpha value is -1.80. The molecule has 2 rings (SSSR count). The Morgan fingerprint density at radius 3 is 2.57 bits per heavy atom. The van der Waals surface area contributed by atoms with Gasteiger partial charge in [0.2, 0.25) is 15.9 Å². The van der Waals surface area contributed by atoms with Crippen LogP contribution in [-0.4, -0.2) is 45.9 Å². The van der Waals surface area contributed by atoms with E-state index in [1.54, 1.807) is 31.1 Å². The summed E-state index contributed by atoms with van der Waals surface area (Å²) in [5.74, 6) is 0.0293. The van der Waals surface area contributed by atoms with Gasteiger partial charge >= 0.3 is 0 Å². The number of benzene rings is 1. The van der Waals surface area contributed by atoms with Crippen LogP contribution in [-0.2, 0) is 14.8 Å². The number of likely N-dealkylation sites (N-methyl/N-ethyl adjacent to an activating group) is 1. The van der Waals surface area contributed by atoms with Crippen LogP contribution in [0.5, 0.6) is 0 Å². The Kier molecular flexibility index (Phi) is 4.11. The highest BCUT2D eigenvalue weighted by Crippen LogP contribution is 2.30. The normalized spacial score (nSPS) is 18.8. The molecule has 0 bridgehead atoms. The van der Waals surface area contributed by atoms with Gasteiger partial charge in [0.1, 0.15) is 10.9 Å². The van der Waals surface area contributed by atoms with Crippen molar-refractivity contribution in [3.63, 3.8) is 0 Å². The molecule has 1 atom stereocenters. The summed E-state index contributed by atoms with van der Waals surface area (Å²) in [6.45, 7) is 0.735. The predicted molar refractivity (Wildman–Crippen MR) is 81.3 cm³/mol. The molecule has 0 aromatic heterocycles. The molecule has 1 aliphatic heterocycles. The van der Waals surface area contributed by atoms with Crippen LogP contribution in [0.4, 0.5) is 11.4 Å². The quantitative estimate of drug-likeness (QED) is 0.762. The molecule has 8 heteroatoms. The molecule has 21 heavy (non-hydrogen) atoms. The van der Waals surface area contributed by atoms with E-state index in [1.807, 2.05) is 4.90 Å². The molecule has 1 saturated heterocycles. The summed E-state index contributed by atoms with van der Waals surface area (Å²) in [5, 5.41) is 5.09. The van der Waals surface area contributed by atoms with Gasteiger partial charge in [0.25, 0.3) is 0 Å². The van der Waals surface area contributed by atoms with Gasteiger partial charge in [-0.2, -0.15) is 0 Å². The monoisotopic (exact) mass is 312 g/mol. The highest BCUT2D eigenvalue weighted by molar-refractivity contribution is 7.89. The second kappa shape index (κ2) is 5.53. The van der Waals surface area contributed by atoms with Crippen molar-refractivity contribution in [2.45, 2.75) is 23.8 Å². The Morgan fingerprint density at radius 2 is 2.05 bits per heavy atom. The number of primary sulfonamides is 1. The van der Waals surface area contributed by atoms with Crippen molar-refractivity contribution in [2.75, 3.05) is 31.3 Å². The number of hydrogen-bond acceptors (Lipinski definition) is 5. The van der Waals surface area contributed by atoms with Gasteiger partial charge in [-0.05, 0) is 31.0 Å². The van der Waals surface area contributed by atoms with Gasteiger partial charge < -0.3 is 15.5 Å². The molecule has 1 aliphatic rings. The zero-order valence-corrected chi connectivity index (χ0v) is 12.9. The molecule has 116 valence electrons. The molecule has 1 aromatic rings. The first-order chi connectivity index (χ1) is 9.71. The number of rotatable bonds is 3. The molecule has 0 aliphatic carbocycles. The molecule has 0 radical (unpaired) electrons. The molecule has 4 N–H and O–H groups in total. The minimum Gasteiger partial charge on any atom is -0.398 e. The van der Waals surface area contributed by atoms with Crippen molar-refractivity contribution in [1.82, 2.24) is 4.90 Å². The summed E-state index contributed by atoms with van der Waals surface area (Å²) in [5.41, 5.74) is 6.60. The van der Waals surface area contributed by atoms with Crippen molar-refractivity contribution in [3.05, 3.63) is 18.2 Å². The molecular formula is C13H20N4O3S. The molecule has 1 fully saturated rings. The van der Waals surface area contributed by atoms with Crippen molar-refractivity contribution >= 4 is 27.3 Å². The number of nitrogen functional groups attached to an aromatic ring is 1. The fourth-order valence-electron chi connectivity index (χ4n) is 2.60. The van der Waals surface area contributed by atoms with Gasteiger partial charge in [-0.15, -0.1) is 0 Å². The predicted octanol–water partition coefficient (Wildman–Crippen LogP) is -0.0268. The standard InChI is InChI=1S/C13H20N4O3S/c1-16(2)13(18)11-4-3-7-17(11)9-5-6-12(10(14)8-9)21(15,19)20/h5-6,8,11H,3-4,7,14H2,1-2H3,(H2,15,19,20). The zero-order valence-electron chi connectivity index (χ0n) is 12.1. The summed E-state index contributed by atoms with van der Waals surface area (Å²) in [6.07, 6.45) is 1.68. The number of carbonyl (C=O) groups is 1. The van der Waals surface area contributed by atoms with Crippen LogP contribution in [0.3, 0.4) is 0 Å². The maximum atomic E-state index is 12.2. The highest BCUT2D eigenvalue weighted by atomic mass is 32.2. The molecule has 1 heterocycles. The van der Waals surface area contributed by atoms with Gasteiger partial charge in [0.05, 0.1) is 5.69 Å². The smallest absolute Gasteiger partial charge is 0.244 e. The molecule has 1 unspecified atom stereocenters. The van der Waals surface area contributed by atoms with Crippen LogP contribution in [0.15, 0.2) is 23.1 Å². The summed E-state index contributed by atoms with van der Waals surface area (Å²) in [6, 6.07) is 4.34. The number of hydrogen-bond donors (Lipinski definition) is 2. The third kappa shape index (κ3) is 3.11. The number of nitrogens with zero attached hydrogens (tertiary/aromatic N) is 2. The van der Waals surface area contributed by atoms with E-state index in [9.17, 15) is 13.2 Å². The van der Waals surface area contributed by atoms with Crippen LogP contribution in [0.25, 0.3) is 0 Å². The van der Waals surface area contributed by atoms with E-state index in [-0.39, 0.29) is 22.5 Å². The second-order valence-corrected chi connectivity index (χ2v) is 6.88. The first kappa shape index (κ1) is 15.6. The van der Waals surface area contributed by atoms with E-state index in [1.165, 1.54) is 6.07 Å². The van der Waals surface area contributed by atoms with Gasteiger partial charge in [-0.25, -0.2) is 13.6 Å². The number of carbonyl (C=O) groups excluding carboxylic acids is 1. The fourth-order valence-corrected chi connectivity index (χ4v) is 3.25. The first-order valence-corrected chi connectivity index (χ1v) is 8.16. The van der Waals surface area contributed by atoms with Crippen LogP contribution in [0, 0.1) is 0 Å². The Balaban J connectivity index is 2.34. The van der Waals surface area contributed by atoms with Crippen LogP contribution >= 0.6 is 0 Å². The van der Waals surface area contributed by atoms with Crippen molar-refractivity contribution < 1.29 is 13.2 Å². The minimum atomic E-state index is -3.84. The second-order valence-electron chi connectivity index (χ2n) is 5.35. The van der Waals surface area contributed by atoms with Crippen molar-refractivity contribution in [2.24, 2.45) is 5.14 Å². The molecule has 1 amide bonds. The summed E-state index contributed by atoms with van der Waals surface area (Å²) in [7, 11) is -0.397. The summed E-state index contributed by atoms with van der Waals surface area (Å²) < 4.78 is 22.7. The lowest BCUT2D eigenvalue weighted by Gasteiger charge is -2.28. The Labute approximate surface area is 124 Å². The van der Waals surface area contributed by atoms with E-state index >= 15 is 0 Å². The largest absolute Gasteiger partial charge is 0.398 e. The van der Waals surface area contributed by atoms with Gasteiger partial charge in [0.15, 0.2) is 0 Å². The van der Waals surface area contributed by atoms with E-state index in [0.717, 1.165) is 25.1 Å². The van der Waals surface area contributed by atoms with E-state index in [4.69, 9.17) is 10.9 Å². The third-order valence-corrected chi connectivity index (χ3v) is 4.60. The number of nitrogens with two attached hydrogens (primary N) is 2. The number of sulfonamides is 1.